The lowest BCUT2D eigenvalue weighted by Crippen LogP contribution is -2.51. The molecule has 1 atom stereocenters. The lowest BCUT2D eigenvalue weighted by molar-refractivity contribution is 0.0132. The van der Waals surface area contributed by atoms with Crippen LogP contribution >= 0.6 is 24.0 Å². The van der Waals surface area contributed by atoms with Crippen LogP contribution in [0, 0.1) is 5.92 Å². The zero-order valence-electron chi connectivity index (χ0n) is 19.2. The van der Waals surface area contributed by atoms with Crippen LogP contribution in [0.25, 0.3) is 0 Å². The van der Waals surface area contributed by atoms with Gasteiger partial charge in [0, 0.05) is 45.9 Å². The fourth-order valence-electron chi connectivity index (χ4n) is 3.66. The van der Waals surface area contributed by atoms with Crippen molar-refractivity contribution in [1.82, 2.24) is 15.5 Å². The zero-order chi connectivity index (χ0) is 20.9. The maximum atomic E-state index is 5.74. The van der Waals surface area contributed by atoms with Crippen molar-refractivity contribution in [2.75, 3.05) is 46.5 Å². The van der Waals surface area contributed by atoms with Crippen molar-refractivity contribution in [1.29, 1.82) is 0 Å². The summed E-state index contributed by atoms with van der Waals surface area (Å²) in [5, 5.41) is 7.01. The van der Waals surface area contributed by atoms with Gasteiger partial charge < -0.3 is 20.1 Å². The smallest absolute Gasteiger partial charge is 0.191 e. The summed E-state index contributed by atoms with van der Waals surface area (Å²) in [7, 11) is 1.83. The monoisotopic (exact) mass is 532 g/mol. The first-order valence-electron chi connectivity index (χ1n) is 11.0. The summed E-state index contributed by atoms with van der Waals surface area (Å²) < 4.78 is 11.3. The highest BCUT2D eigenvalue weighted by atomic mass is 127. The molecule has 172 valence electrons. The van der Waals surface area contributed by atoms with E-state index in [9.17, 15) is 0 Å². The number of aliphatic imine (C=N–C) groups is 1. The van der Waals surface area contributed by atoms with Gasteiger partial charge in [-0.1, -0.05) is 45.0 Å². The molecule has 1 heterocycles. The number of morpholine rings is 1. The molecule has 1 unspecified atom stereocenters. The summed E-state index contributed by atoms with van der Waals surface area (Å²) in [5.74, 6) is 1.51. The normalized spacial score (nSPS) is 16.2. The van der Waals surface area contributed by atoms with Crippen molar-refractivity contribution < 1.29 is 9.47 Å². The van der Waals surface area contributed by atoms with Gasteiger partial charge in [-0.2, -0.15) is 0 Å². The molecule has 1 aromatic carbocycles. The lowest BCUT2D eigenvalue weighted by Gasteiger charge is -2.35. The number of hydrogen-bond acceptors (Lipinski definition) is 4. The molecule has 0 spiro atoms. The van der Waals surface area contributed by atoms with E-state index < -0.39 is 0 Å². The lowest BCUT2D eigenvalue weighted by atomic mass is 10.0. The number of rotatable bonds is 11. The second-order valence-electron chi connectivity index (χ2n) is 8.06. The van der Waals surface area contributed by atoms with Crippen molar-refractivity contribution in [3.05, 3.63) is 35.4 Å². The van der Waals surface area contributed by atoms with E-state index in [2.05, 4.69) is 65.6 Å². The number of halogens is 1. The van der Waals surface area contributed by atoms with Crippen LogP contribution in [0.5, 0.6) is 0 Å². The number of nitrogens with one attached hydrogen (secondary N) is 2. The molecule has 0 saturated carbocycles. The zero-order valence-corrected chi connectivity index (χ0v) is 21.5. The van der Waals surface area contributed by atoms with E-state index in [4.69, 9.17) is 9.47 Å². The van der Waals surface area contributed by atoms with Crippen LogP contribution < -0.4 is 10.6 Å². The van der Waals surface area contributed by atoms with Crippen LogP contribution in [0.4, 0.5) is 0 Å². The van der Waals surface area contributed by atoms with E-state index >= 15 is 0 Å². The Morgan fingerprint density at radius 2 is 1.87 bits per heavy atom. The van der Waals surface area contributed by atoms with Gasteiger partial charge in [0.2, 0.25) is 0 Å². The molecule has 1 saturated heterocycles. The topological polar surface area (TPSA) is 58.1 Å². The Kier molecular flexibility index (Phi) is 14.3. The Morgan fingerprint density at radius 1 is 1.17 bits per heavy atom. The SMILES string of the molecule is CCCOCc1ccccc1CNC(=NC)NCC(CC(C)C)N1CCOCC1.I. The quantitative estimate of drug-likeness (QED) is 0.197. The van der Waals surface area contributed by atoms with E-state index in [-0.39, 0.29) is 24.0 Å². The first kappa shape index (κ1) is 27.1. The van der Waals surface area contributed by atoms with Crippen LogP contribution in [0.1, 0.15) is 44.7 Å². The molecule has 0 radical (unpaired) electrons. The molecule has 1 aromatic rings. The molecule has 7 heteroatoms. The van der Waals surface area contributed by atoms with Gasteiger partial charge in [-0.15, -0.1) is 24.0 Å². The maximum absolute atomic E-state index is 5.74. The van der Waals surface area contributed by atoms with Crippen LogP contribution in [0.15, 0.2) is 29.3 Å². The summed E-state index contributed by atoms with van der Waals surface area (Å²) >= 11 is 0. The molecule has 6 nitrogen and oxygen atoms in total. The van der Waals surface area contributed by atoms with Gasteiger partial charge in [-0.3, -0.25) is 9.89 Å². The van der Waals surface area contributed by atoms with Gasteiger partial charge >= 0.3 is 0 Å². The van der Waals surface area contributed by atoms with E-state index in [1.54, 1.807) is 0 Å². The molecule has 0 aromatic heterocycles. The van der Waals surface area contributed by atoms with Gasteiger partial charge in [0.05, 0.1) is 19.8 Å². The maximum Gasteiger partial charge on any atom is 0.191 e. The van der Waals surface area contributed by atoms with Gasteiger partial charge in [0.15, 0.2) is 5.96 Å². The predicted octanol–water partition coefficient (Wildman–Crippen LogP) is 3.64. The molecule has 0 aliphatic carbocycles. The molecule has 1 aliphatic rings. The van der Waals surface area contributed by atoms with Gasteiger partial charge in [-0.05, 0) is 29.9 Å². The number of nitrogens with zero attached hydrogens (tertiary/aromatic N) is 2. The van der Waals surface area contributed by atoms with Crippen molar-refractivity contribution >= 4 is 29.9 Å². The summed E-state index contributed by atoms with van der Waals surface area (Å²) in [5.41, 5.74) is 2.48. The van der Waals surface area contributed by atoms with E-state index in [0.29, 0.717) is 18.6 Å². The average molecular weight is 533 g/mol. The second-order valence-corrected chi connectivity index (χ2v) is 8.06. The molecular formula is C23H41IN4O2. The highest BCUT2D eigenvalue weighted by molar-refractivity contribution is 14.0. The minimum Gasteiger partial charge on any atom is -0.379 e. The molecule has 2 rings (SSSR count). The van der Waals surface area contributed by atoms with Crippen molar-refractivity contribution in [3.8, 4) is 0 Å². The Hall–Kier alpha value is -0.900. The second kappa shape index (κ2) is 15.8. The average Bonchev–Trinajstić information content (AvgIpc) is 2.74. The Labute approximate surface area is 200 Å². The fourth-order valence-corrected chi connectivity index (χ4v) is 3.66. The molecular weight excluding hydrogens is 491 g/mol. The molecule has 2 N–H and O–H groups in total. The number of ether oxygens (including phenoxy) is 2. The van der Waals surface area contributed by atoms with Crippen LogP contribution in [-0.2, 0) is 22.6 Å². The Bertz CT molecular complexity index is 607. The molecule has 0 bridgehead atoms. The molecule has 0 amide bonds. The third-order valence-corrected chi connectivity index (χ3v) is 5.20. The van der Waals surface area contributed by atoms with Gasteiger partial charge in [0.25, 0.3) is 0 Å². The molecule has 1 aliphatic heterocycles. The predicted molar refractivity (Wildman–Crippen MR) is 136 cm³/mol. The van der Waals surface area contributed by atoms with E-state index in [0.717, 1.165) is 58.4 Å². The van der Waals surface area contributed by atoms with Gasteiger partial charge in [-0.25, -0.2) is 0 Å². The minimum atomic E-state index is 0. The van der Waals surface area contributed by atoms with Crippen molar-refractivity contribution in [2.45, 2.75) is 52.8 Å². The summed E-state index contributed by atoms with van der Waals surface area (Å²) in [4.78, 5) is 6.97. The standard InChI is InChI=1S/C23H40N4O2.HI/c1-5-12-29-18-21-9-7-6-8-20(21)16-25-23(24-4)26-17-22(15-19(2)3)27-10-13-28-14-11-27;/h6-9,19,22H,5,10-18H2,1-4H3,(H2,24,25,26);1H. The number of guanidine groups is 1. The van der Waals surface area contributed by atoms with Gasteiger partial charge in [0.1, 0.15) is 0 Å². The Balaban J connectivity index is 0.00000450. The summed E-state index contributed by atoms with van der Waals surface area (Å²) in [6.45, 7) is 13.5. The minimum absolute atomic E-state index is 0. The van der Waals surface area contributed by atoms with E-state index in [1.165, 1.54) is 17.5 Å². The van der Waals surface area contributed by atoms with Crippen molar-refractivity contribution in [2.24, 2.45) is 10.9 Å². The molecule has 1 fully saturated rings. The summed E-state index contributed by atoms with van der Waals surface area (Å²) in [6.07, 6.45) is 2.21. The first-order valence-corrected chi connectivity index (χ1v) is 11.0. The third-order valence-electron chi connectivity index (χ3n) is 5.20. The van der Waals surface area contributed by atoms with Crippen LogP contribution in [-0.4, -0.2) is 63.4 Å². The number of hydrogen-bond donors (Lipinski definition) is 2. The summed E-state index contributed by atoms with van der Waals surface area (Å²) in [6, 6.07) is 8.93. The van der Waals surface area contributed by atoms with Crippen molar-refractivity contribution in [3.63, 3.8) is 0 Å². The van der Waals surface area contributed by atoms with Crippen LogP contribution in [0.2, 0.25) is 0 Å². The fraction of sp³-hybridized carbons (Fsp3) is 0.696. The largest absolute Gasteiger partial charge is 0.379 e. The Morgan fingerprint density at radius 3 is 2.50 bits per heavy atom. The highest BCUT2D eigenvalue weighted by Gasteiger charge is 2.22. The molecule has 30 heavy (non-hydrogen) atoms. The van der Waals surface area contributed by atoms with E-state index in [1.807, 2.05) is 7.05 Å². The third kappa shape index (κ3) is 9.94. The first-order chi connectivity index (χ1) is 14.1. The highest BCUT2D eigenvalue weighted by Crippen LogP contribution is 2.13. The van der Waals surface area contributed by atoms with Crippen LogP contribution in [0.3, 0.4) is 0 Å². The number of benzene rings is 1.